The van der Waals surface area contributed by atoms with Gasteiger partial charge in [0.2, 0.25) is 0 Å². The fourth-order valence-corrected chi connectivity index (χ4v) is 2.21. The van der Waals surface area contributed by atoms with Crippen molar-refractivity contribution in [1.82, 2.24) is 7.76 Å². The molecule has 0 saturated heterocycles. The normalized spacial score (nSPS) is 14.3. The Kier molecular flexibility index (Phi) is 2.23. The number of hydrogen-bond donors (Lipinski definition) is 0. The Labute approximate surface area is 89.3 Å². The van der Waals surface area contributed by atoms with Crippen molar-refractivity contribution in [3.05, 3.63) is 26.7 Å². The second-order valence-electron chi connectivity index (χ2n) is 3.04. The zero-order valence-electron chi connectivity index (χ0n) is 7.25. The van der Waals surface area contributed by atoms with Crippen LogP contribution in [0.2, 0.25) is 0 Å². The largest absolute Gasteiger partial charge is 0.281 e. The molecule has 0 aliphatic heterocycles. The summed E-state index contributed by atoms with van der Waals surface area (Å²) in [5.41, 5.74) is 0.561. The van der Waals surface area contributed by atoms with Crippen LogP contribution in [0.25, 0.3) is 12.2 Å². The third-order valence-electron chi connectivity index (χ3n) is 2.09. The van der Waals surface area contributed by atoms with Crippen molar-refractivity contribution in [1.29, 1.82) is 0 Å². The lowest BCUT2D eigenvalue weighted by Gasteiger charge is -2.03. The molecule has 3 nitrogen and oxygen atoms in total. The third kappa shape index (κ3) is 1.43. The number of fused-ring (bicyclic) bond motifs is 1. The summed E-state index contributed by atoms with van der Waals surface area (Å²) in [5, 5.41) is 1.89. The zero-order chi connectivity index (χ0) is 9.42. The van der Waals surface area contributed by atoms with Crippen LogP contribution < -0.4 is 16.3 Å². The first-order chi connectivity index (χ1) is 6.20. The van der Waals surface area contributed by atoms with E-state index in [0.29, 0.717) is 5.69 Å². The fourth-order valence-electron chi connectivity index (χ4n) is 1.41. The van der Waals surface area contributed by atoms with Crippen LogP contribution in [0.4, 0.5) is 0 Å². The maximum Gasteiger partial charge on any atom is 0.281 e. The topological polar surface area (TPSA) is 34.9 Å². The van der Waals surface area contributed by atoms with E-state index in [9.17, 15) is 4.79 Å². The number of rotatable bonds is 0. The number of nitrogens with zero attached hydrogens (tertiary/aromatic N) is 2. The maximum absolute atomic E-state index is 11.5. The number of aromatic nitrogens is 2. The van der Waals surface area contributed by atoms with Gasteiger partial charge in [-0.3, -0.25) is 4.79 Å². The lowest BCUT2D eigenvalue weighted by atomic mass is 10.2. The quantitative estimate of drug-likeness (QED) is 0.635. The minimum Gasteiger partial charge on any atom is -0.266 e. The first-order valence-electron chi connectivity index (χ1n) is 4.16. The van der Waals surface area contributed by atoms with Gasteiger partial charge in [0.25, 0.3) is 5.56 Å². The van der Waals surface area contributed by atoms with Gasteiger partial charge in [-0.15, -0.1) is 0 Å². The van der Waals surface area contributed by atoms with Crippen molar-refractivity contribution in [2.75, 3.05) is 0 Å². The van der Waals surface area contributed by atoms with Crippen molar-refractivity contribution in [3.63, 3.8) is 0 Å². The summed E-state index contributed by atoms with van der Waals surface area (Å²) in [6.07, 6.45) is 6.17. The van der Waals surface area contributed by atoms with Crippen LogP contribution in [0.1, 0.15) is 18.5 Å². The molecule has 2 rings (SSSR count). The highest BCUT2D eigenvalue weighted by molar-refractivity contribution is 14.1. The molecule has 0 saturated carbocycles. The molecule has 0 fully saturated rings. The lowest BCUT2D eigenvalue weighted by Crippen LogP contribution is -2.43. The average Bonchev–Trinajstić information content (AvgIpc) is 2.15. The van der Waals surface area contributed by atoms with Gasteiger partial charge in [0.1, 0.15) is 5.69 Å². The summed E-state index contributed by atoms with van der Waals surface area (Å²) in [6, 6.07) is 0. The molecule has 1 aliphatic carbocycles. The highest BCUT2D eigenvalue weighted by Crippen LogP contribution is 1.94. The molecule has 0 spiro atoms. The van der Waals surface area contributed by atoms with Crippen molar-refractivity contribution in [2.24, 2.45) is 0 Å². The Morgan fingerprint density at radius 2 is 2.15 bits per heavy atom. The van der Waals surface area contributed by atoms with E-state index in [4.69, 9.17) is 0 Å². The molecule has 1 aromatic rings. The predicted molar refractivity (Wildman–Crippen MR) is 60.1 cm³/mol. The van der Waals surface area contributed by atoms with Crippen LogP contribution in [-0.4, -0.2) is 7.76 Å². The highest BCUT2D eigenvalue weighted by Gasteiger charge is 2.03. The smallest absolute Gasteiger partial charge is 0.266 e. The molecular formula is C9H9IN2O. The molecule has 0 aromatic carbocycles. The van der Waals surface area contributed by atoms with E-state index < -0.39 is 0 Å². The van der Waals surface area contributed by atoms with E-state index in [-0.39, 0.29) is 5.56 Å². The molecule has 0 amide bonds. The molecular weight excluding hydrogens is 279 g/mol. The van der Waals surface area contributed by atoms with E-state index in [1.165, 1.54) is 0 Å². The molecule has 0 N–H and O–H groups in total. The molecule has 0 unspecified atom stereocenters. The Morgan fingerprint density at radius 1 is 1.46 bits per heavy atom. The Hall–Kier alpha value is -0.650. The Bertz CT molecular complexity index is 516. The van der Waals surface area contributed by atoms with Gasteiger partial charge in [-0.2, -0.15) is 0 Å². The first-order valence-corrected chi connectivity index (χ1v) is 5.13. The van der Waals surface area contributed by atoms with Gasteiger partial charge in [0, 0.05) is 0 Å². The van der Waals surface area contributed by atoms with Gasteiger partial charge in [-0.1, -0.05) is 12.2 Å². The van der Waals surface area contributed by atoms with Crippen LogP contribution >= 0.6 is 22.9 Å². The number of hydrogen-bond acceptors (Lipinski definition) is 2. The molecule has 1 heterocycles. The van der Waals surface area contributed by atoms with E-state index in [2.05, 4.69) is 17.1 Å². The predicted octanol–water partition coefficient (Wildman–Crippen LogP) is 0.105. The molecule has 4 heteroatoms. The molecule has 1 aliphatic rings. The summed E-state index contributed by atoms with van der Waals surface area (Å²) in [6.45, 7) is 1.75. The van der Waals surface area contributed by atoms with Gasteiger partial charge in [-0.05, 0) is 19.8 Å². The standard InChI is InChI=1S/C9H9IN2O/c1-6-9(13)12(10)8-5-3-2-4-7(8)11-6/h4-5H,2-3H2,1H3. The summed E-state index contributed by atoms with van der Waals surface area (Å²) >= 11 is 2.03. The van der Waals surface area contributed by atoms with Crippen LogP contribution in [0, 0.1) is 6.92 Å². The summed E-state index contributed by atoms with van der Waals surface area (Å²) < 4.78 is 1.64. The van der Waals surface area contributed by atoms with Gasteiger partial charge in [-0.25, -0.2) is 7.76 Å². The van der Waals surface area contributed by atoms with Gasteiger partial charge in [0.05, 0.1) is 33.6 Å². The van der Waals surface area contributed by atoms with Crippen molar-refractivity contribution in [3.8, 4) is 0 Å². The third-order valence-corrected chi connectivity index (χ3v) is 3.05. The summed E-state index contributed by atoms with van der Waals surface area (Å²) in [5.74, 6) is 0. The lowest BCUT2D eigenvalue weighted by molar-refractivity contribution is 0.942. The average molecular weight is 288 g/mol. The van der Waals surface area contributed by atoms with Crippen LogP contribution in [0.5, 0.6) is 0 Å². The summed E-state index contributed by atoms with van der Waals surface area (Å²) in [7, 11) is 0. The van der Waals surface area contributed by atoms with Gasteiger partial charge < -0.3 is 0 Å². The zero-order valence-corrected chi connectivity index (χ0v) is 9.41. The monoisotopic (exact) mass is 288 g/mol. The van der Waals surface area contributed by atoms with Crippen LogP contribution in [-0.2, 0) is 0 Å². The maximum atomic E-state index is 11.5. The summed E-state index contributed by atoms with van der Waals surface area (Å²) in [4.78, 5) is 15.7. The second kappa shape index (κ2) is 3.25. The molecule has 0 bridgehead atoms. The van der Waals surface area contributed by atoms with Gasteiger partial charge in [0.15, 0.2) is 0 Å². The van der Waals surface area contributed by atoms with Gasteiger partial charge >= 0.3 is 0 Å². The first kappa shape index (κ1) is 8.93. The number of halogens is 1. The van der Waals surface area contributed by atoms with Crippen LogP contribution in [0.15, 0.2) is 4.79 Å². The van der Waals surface area contributed by atoms with Crippen molar-refractivity contribution in [2.45, 2.75) is 19.8 Å². The van der Waals surface area contributed by atoms with Crippen molar-refractivity contribution >= 4 is 35.0 Å². The Balaban J connectivity index is 3.00. The minimum absolute atomic E-state index is 0.00843. The van der Waals surface area contributed by atoms with E-state index >= 15 is 0 Å². The fraction of sp³-hybridized carbons (Fsp3) is 0.333. The van der Waals surface area contributed by atoms with Crippen LogP contribution in [0.3, 0.4) is 0 Å². The molecule has 68 valence electrons. The molecule has 0 atom stereocenters. The van der Waals surface area contributed by atoms with E-state index in [1.807, 2.05) is 22.9 Å². The molecule has 0 radical (unpaired) electrons. The Morgan fingerprint density at radius 3 is 2.92 bits per heavy atom. The highest BCUT2D eigenvalue weighted by atomic mass is 127. The number of aryl methyl sites for hydroxylation is 1. The van der Waals surface area contributed by atoms with E-state index in [1.54, 1.807) is 9.70 Å². The SMILES string of the molecule is Cc1nc2c(n(I)c1=O)=CCCC=2. The second-order valence-corrected chi connectivity index (χ2v) is 4.00. The van der Waals surface area contributed by atoms with E-state index in [0.717, 1.165) is 23.5 Å². The molecule has 13 heavy (non-hydrogen) atoms. The minimum atomic E-state index is -0.00843. The molecule has 1 aromatic heterocycles. The van der Waals surface area contributed by atoms with Crippen molar-refractivity contribution < 1.29 is 0 Å².